The Balaban J connectivity index is 1.76. The molecule has 1 amide bonds. The first kappa shape index (κ1) is 17.9. The van der Waals surface area contributed by atoms with Gasteiger partial charge in [-0.25, -0.2) is 4.39 Å². The lowest BCUT2D eigenvalue weighted by molar-refractivity contribution is 0.102. The number of hydrogen-bond donors (Lipinski definition) is 1. The number of aromatic nitrogens is 2. The predicted octanol–water partition coefficient (Wildman–Crippen LogP) is 4.27. The quantitative estimate of drug-likeness (QED) is 0.582. The minimum absolute atomic E-state index is 0.122. The number of benzene rings is 2. The number of carbonyl (C=O) groups excluding carboxylic acids is 1. The molecule has 4 aromatic rings. The molecule has 2 heterocycles. The van der Waals surface area contributed by atoms with E-state index in [9.17, 15) is 14.0 Å². The number of amides is 1. The van der Waals surface area contributed by atoms with Crippen molar-refractivity contribution in [2.75, 3.05) is 5.32 Å². The van der Waals surface area contributed by atoms with Gasteiger partial charge in [-0.3, -0.25) is 14.6 Å². The Morgan fingerprint density at radius 1 is 1.11 bits per heavy atom. The number of hydrogen-bond acceptors (Lipinski definition) is 3. The normalized spacial score (nSPS) is 11.1. The second kappa shape index (κ2) is 6.88. The van der Waals surface area contributed by atoms with Crippen LogP contribution in [0.5, 0.6) is 0 Å². The molecule has 0 fully saturated rings. The smallest absolute Gasteiger partial charge is 0.255 e. The Kier molecular flexibility index (Phi) is 4.39. The van der Waals surface area contributed by atoms with Crippen LogP contribution in [0.4, 0.5) is 10.1 Å². The summed E-state index contributed by atoms with van der Waals surface area (Å²) < 4.78 is 15.6. The SMILES string of the molecule is CCn1c(C)cc(=O)c2cc(C(=O)Nc3ccnc4ccc(F)cc34)ccc21. The average molecular weight is 375 g/mol. The van der Waals surface area contributed by atoms with Crippen molar-refractivity contribution in [2.24, 2.45) is 0 Å². The van der Waals surface area contributed by atoms with Gasteiger partial charge in [0.25, 0.3) is 5.91 Å². The van der Waals surface area contributed by atoms with E-state index < -0.39 is 5.82 Å². The minimum atomic E-state index is -0.405. The van der Waals surface area contributed by atoms with Crippen molar-refractivity contribution in [3.05, 3.63) is 82.0 Å². The molecule has 2 aromatic carbocycles. The molecule has 0 aliphatic rings. The number of fused-ring (bicyclic) bond motifs is 2. The van der Waals surface area contributed by atoms with Crippen LogP contribution >= 0.6 is 0 Å². The molecule has 0 spiro atoms. The number of pyridine rings is 2. The summed E-state index contributed by atoms with van der Waals surface area (Å²) in [6.07, 6.45) is 1.55. The van der Waals surface area contributed by atoms with E-state index in [0.717, 1.165) is 17.8 Å². The van der Waals surface area contributed by atoms with Crippen molar-refractivity contribution in [1.82, 2.24) is 9.55 Å². The van der Waals surface area contributed by atoms with Crippen LogP contribution in [-0.4, -0.2) is 15.5 Å². The van der Waals surface area contributed by atoms with Crippen molar-refractivity contribution >= 4 is 33.4 Å². The number of nitrogens with zero attached hydrogens (tertiary/aromatic N) is 2. The summed E-state index contributed by atoms with van der Waals surface area (Å²) in [5.74, 6) is -0.779. The lowest BCUT2D eigenvalue weighted by Crippen LogP contribution is -2.15. The summed E-state index contributed by atoms with van der Waals surface area (Å²) in [4.78, 5) is 29.4. The van der Waals surface area contributed by atoms with Crippen LogP contribution in [-0.2, 0) is 6.54 Å². The predicted molar refractivity (Wildman–Crippen MR) is 108 cm³/mol. The molecule has 0 aliphatic carbocycles. The molecule has 5 nitrogen and oxygen atoms in total. The van der Waals surface area contributed by atoms with Crippen molar-refractivity contribution in [1.29, 1.82) is 0 Å². The summed E-state index contributed by atoms with van der Waals surface area (Å²) in [6.45, 7) is 4.62. The Morgan fingerprint density at radius 3 is 2.71 bits per heavy atom. The minimum Gasteiger partial charge on any atom is -0.345 e. The highest BCUT2D eigenvalue weighted by atomic mass is 19.1. The zero-order chi connectivity index (χ0) is 19.8. The monoisotopic (exact) mass is 375 g/mol. The van der Waals surface area contributed by atoms with E-state index in [1.165, 1.54) is 12.1 Å². The fourth-order valence-electron chi connectivity index (χ4n) is 3.49. The zero-order valence-electron chi connectivity index (χ0n) is 15.5. The van der Waals surface area contributed by atoms with E-state index in [1.54, 1.807) is 42.6 Å². The van der Waals surface area contributed by atoms with Gasteiger partial charge < -0.3 is 9.88 Å². The third kappa shape index (κ3) is 3.03. The van der Waals surface area contributed by atoms with Gasteiger partial charge >= 0.3 is 0 Å². The van der Waals surface area contributed by atoms with Gasteiger partial charge in [-0.1, -0.05) is 0 Å². The molecule has 0 bridgehead atoms. The van der Waals surface area contributed by atoms with Gasteiger partial charge in [-0.05, 0) is 56.3 Å². The number of nitrogens with one attached hydrogen (secondary N) is 1. The van der Waals surface area contributed by atoms with E-state index in [4.69, 9.17) is 0 Å². The molecule has 2 aromatic heterocycles. The van der Waals surface area contributed by atoms with Gasteiger partial charge in [0.15, 0.2) is 5.43 Å². The van der Waals surface area contributed by atoms with E-state index in [2.05, 4.69) is 10.3 Å². The van der Waals surface area contributed by atoms with Crippen molar-refractivity contribution in [3.63, 3.8) is 0 Å². The Morgan fingerprint density at radius 2 is 1.93 bits per heavy atom. The largest absolute Gasteiger partial charge is 0.345 e. The average Bonchev–Trinajstić information content (AvgIpc) is 2.68. The number of anilines is 1. The number of halogens is 1. The molecule has 0 saturated heterocycles. The summed E-state index contributed by atoms with van der Waals surface area (Å²) in [5, 5.41) is 3.80. The summed E-state index contributed by atoms with van der Waals surface area (Å²) in [7, 11) is 0. The molecule has 28 heavy (non-hydrogen) atoms. The van der Waals surface area contributed by atoms with Crippen LogP contribution in [0.3, 0.4) is 0 Å². The molecule has 140 valence electrons. The number of rotatable bonds is 3. The Bertz CT molecular complexity index is 1290. The number of carbonyl (C=O) groups is 1. The lowest BCUT2D eigenvalue weighted by Gasteiger charge is -2.13. The van der Waals surface area contributed by atoms with Crippen LogP contribution in [0.2, 0.25) is 0 Å². The molecule has 6 heteroatoms. The zero-order valence-corrected chi connectivity index (χ0v) is 15.5. The van der Waals surface area contributed by atoms with Gasteiger partial charge in [0.1, 0.15) is 5.82 Å². The van der Waals surface area contributed by atoms with Gasteiger partial charge in [-0.2, -0.15) is 0 Å². The first-order valence-electron chi connectivity index (χ1n) is 8.98. The third-order valence-corrected chi connectivity index (χ3v) is 4.85. The molecule has 0 atom stereocenters. The molecule has 0 saturated carbocycles. The molecule has 0 unspecified atom stereocenters. The Hall–Kier alpha value is -3.54. The van der Waals surface area contributed by atoms with Crippen molar-refractivity contribution < 1.29 is 9.18 Å². The molecule has 0 aliphatic heterocycles. The number of aryl methyl sites for hydroxylation is 2. The molecule has 4 rings (SSSR count). The summed E-state index contributed by atoms with van der Waals surface area (Å²) in [5.41, 5.74) is 2.95. The fraction of sp³-hybridized carbons (Fsp3) is 0.136. The Labute approximate surface area is 160 Å². The fourth-order valence-corrected chi connectivity index (χ4v) is 3.49. The second-order valence-corrected chi connectivity index (χ2v) is 6.60. The third-order valence-electron chi connectivity index (χ3n) is 4.85. The standard InChI is InChI=1S/C22H18FN3O2/c1-3-26-13(2)10-21(27)17-11-14(4-7-20(17)26)22(28)25-19-8-9-24-18-6-5-15(23)12-16(18)19/h4-12H,3H2,1-2H3,(H,24,25,28). The topological polar surface area (TPSA) is 64.0 Å². The van der Waals surface area contributed by atoms with E-state index >= 15 is 0 Å². The summed E-state index contributed by atoms with van der Waals surface area (Å²) >= 11 is 0. The maximum Gasteiger partial charge on any atom is 0.255 e. The second-order valence-electron chi connectivity index (χ2n) is 6.60. The van der Waals surface area contributed by atoms with Crippen molar-refractivity contribution in [2.45, 2.75) is 20.4 Å². The maximum absolute atomic E-state index is 13.6. The highest BCUT2D eigenvalue weighted by Crippen LogP contribution is 2.23. The lowest BCUT2D eigenvalue weighted by atomic mass is 10.1. The van der Waals surface area contributed by atoms with Crippen LogP contribution in [0.25, 0.3) is 21.8 Å². The highest BCUT2D eigenvalue weighted by molar-refractivity contribution is 6.09. The van der Waals surface area contributed by atoms with Gasteiger partial charge in [-0.15, -0.1) is 0 Å². The van der Waals surface area contributed by atoms with Crippen LogP contribution in [0.1, 0.15) is 23.0 Å². The molecule has 1 N–H and O–H groups in total. The highest BCUT2D eigenvalue weighted by Gasteiger charge is 2.13. The van der Waals surface area contributed by atoms with E-state index in [0.29, 0.717) is 27.5 Å². The summed E-state index contributed by atoms with van der Waals surface area (Å²) in [6, 6.07) is 12.5. The first-order valence-corrected chi connectivity index (χ1v) is 8.98. The van der Waals surface area contributed by atoms with E-state index in [-0.39, 0.29) is 11.3 Å². The van der Waals surface area contributed by atoms with Gasteiger partial charge in [0.2, 0.25) is 0 Å². The molecule has 0 radical (unpaired) electrons. The van der Waals surface area contributed by atoms with Crippen LogP contribution in [0.15, 0.2) is 59.5 Å². The van der Waals surface area contributed by atoms with Crippen LogP contribution < -0.4 is 10.7 Å². The van der Waals surface area contributed by atoms with Gasteiger partial charge in [0, 0.05) is 40.8 Å². The molecular weight excluding hydrogens is 357 g/mol. The molecular formula is C22H18FN3O2. The first-order chi connectivity index (χ1) is 13.5. The van der Waals surface area contributed by atoms with Gasteiger partial charge in [0.05, 0.1) is 16.7 Å². The van der Waals surface area contributed by atoms with Crippen LogP contribution in [0, 0.1) is 12.7 Å². The van der Waals surface area contributed by atoms with E-state index in [1.807, 2.05) is 18.4 Å². The maximum atomic E-state index is 13.6. The van der Waals surface area contributed by atoms with Crippen molar-refractivity contribution in [3.8, 4) is 0 Å².